The average Bonchev–Trinajstić information content (AvgIpc) is 3.27. The summed E-state index contributed by atoms with van der Waals surface area (Å²) in [4.78, 5) is 17.2. The third-order valence-corrected chi connectivity index (χ3v) is 7.52. The number of hydrogen-bond donors (Lipinski definition) is 1. The number of nitrogens with one attached hydrogen (secondary N) is 1. The van der Waals surface area contributed by atoms with E-state index < -0.39 is 0 Å². The molecule has 4 bridgehead atoms. The first kappa shape index (κ1) is 16.1. The van der Waals surface area contributed by atoms with Crippen LogP contribution in [0.3, 0.4) is 0 Å². The minimum absolute atomic E-state index is 0.0141. The Bertz CT molecular complexity index is 620. The summed E-state index contributed by atoms with van der Waals surface area (Å²) in [5.74, 6) is 2.90. The summed E-state index contributed by atoms with van der Waals surface area (Å²) in [7, 11) is 0. The summed E-state index contributed by atoms with van der Waals surface area (Å²) >= 11 is 1.32. The second-order valence-electron chi connectivity index (χ2n) is 8.68. The van der Waals surface area contributed by atoms with Gasteiger partial charge in [0.2, 0.25) is 0 Å². The average molecular weight is 362 g/mol. The van der Waals surface area contributed by atoms with Gasteiger partial charge >= 0.3 is 0 Å². The Hall–Kier alpha value is -1.14. The number of carbonyl (C=O) groups excluding carboxylic acids is 1. The fraction of sp³-hybridized carbons (Fsp3) is 0.789. The van der Waals surface area contributed by atoms with Gasteiger partial charge in [-0.2, -0.15) is 0 Å². The van der Waals surface area contributed by atoms with E-state index in [4.69, 9.17) is 9.47 Å². The molecule has 5 fully saturated rings. The molecule has 1 saturated heterocycles. The molecule has 0 spiro atoms. The molecular weight excluding hydrogens is 336 g/mol. The fourth-order valence-electron chi connectivity index (χ4n) is 5.88. The molecule has 6 heteroatoms. The van der Waals surface area contributed by atoms with Crippen LogP contribution in [0.15, 0.2) is 6.20 Å². The van der Waals surface area contributed by atoms with Crippen LogP contribution in [0.1, 0.15) is 54.6 Å². The Morgan fingerprint density at radius 3 is 2.60 bits per heavy atom. The molecule has 2 heterocycles. The molecular formula is C19H26N2O3S. The quantitative estimate of drug-likeness (QED) is 0.756. The van der Waals surface area contributed by atoms with Gasteiger partial charge < -0.3 is 14.8 Å². The van der Waals surface area contributed by atoms with Gasteiger partial charge in [-0.25, -0.2) is 4.98 Å². The maximum atomic E-state index is 12.4. The van der Waals surface area contributed by atoms with Crippen molar-refractivity contribution in [2.45, 2.75) is 51.0 Å². The maximum absolute atomic E-state index is 12.4. The van der Waals surface area contributed by atoms with Crippen LogP contribution >= 0.6 is 11.3 Å². The predicted octanol–water partition coefficient (Wildman–Crippen LogP) is 3.26. The van der Waals surface area contributed by atoms with E-state index in [1.165, 1.54) is 49.9 Å². The lowest BCUT2D eigenvalue weighted by atomic mass is 9.49. The van der Waals surface area contributed by atoms with E-state index in [0.717, 1.165) is 37.3 Å². The molecule has 5 nitrogen and oxygen atoms in total. The monoisotopic (exact) mass is 362 g/mol. The summed E-state index contributed by atoms with van der Waals surface area (Å²) in [5.41, 5.74) is 0.522. The summed E-state index contributed by atoms with van der Waals surface area (Å²) < 4.78 is 10.6. The minimum atomic E-state index is -0.0141. The third-order valence-electron chi connectivity index (χ3n) is 6.61. The predicted molar refractivity (Wildman–Crippen MR) is 94.9 cm³/mol. The van der Waals surface area contributed by atoms with E-state index in [2.05, 4.69) is 10.3 Å². The van der Waals surface area contributed by atoms with E-state index >= 15 is 0 Å². The van der Waals surface area contributed by atoms with E-state index in [9.17, 15) is 4.79 Å². The maximum Gasteiger partial charge on any atom is 0.273 e. The number of nitrogens with zero attached hydrogens (tertiary/aromatic N) is 1. The van der Waals surface area contributed by atoms with Crippen molar-refractivity contribution >= 4 is 17.2 Å². The van der Waals surface area contributed by atoms with Crippen LogP contribution in [0, 0.1) is 23.2 Å². The minimum Gasteiger partial charge on any atom is -0.467 e. The molecule has 4 saturated carbocycles. The highest BCUT2D eigenvalue weighted by molar-refractivity contribution is 7.15. The van der Waals surface area contributed by atoms with E-state index in [1.807, 2.05) is 0 Å². The van der Waals surface area contributed by atoms with Gasteiger partial charge in [-0.3, -0.25) is 4.79 Å². The molecule has 1 atom stereocenters. The van der Waals surface area contributed by atoms with E-state index in [0.29, 0.717) is 22.1 Å². The smallest absolute Gasteiger partial charge is 0.273 e. The summed E-state index contributed by atoms with van der Waals surface area (Å²) in [5, 5.41) is 3.67. The second kappa shape index (κ2) is 6.23. The Balaban J connectivity index is 1.12. The van der Waals surface area contributed by atoms with Crippen molar-refractivity contribution in [2.24, 2.45) is 23.2 Å². The standard InChI is InChI=1S/C19H26N2O3S/c22-17(16-9-21-18(25-16)24-11-15-10-23-15)20-2-1-19-6-12-3-13(7-19)5-14(4-12)8-19/h9,12-15H,1-8,10-11H2,(H,20,22). The lowest BCUT2D eigenvalue weighted by molar-refractivity contribution is -0.0564. The Morgan fingerprint density at radius 2 is 1.96 bits per heavy atom. The number of epoxide rings is 1. The molecule has 1 unspecified atom stereocenters. The van der Waals surface area contributed by atoms with Crippen molar-refractivity contribution in [1.82, 2.24) is 10.3 Å². The number of hydrogen-bond acceptors (Lipinski definition) is 5. The third kappa shape index (κ3) is 3.43. The number of carbonyl (C=O) groups is 1. The zero-order valence-electron chi connectivity index (χ0n) is 14.5. The molecule has 0 aromatic carbocycles. The van der Waals surface area contributed by atoms with Crippen LogP contribution in [0.25, 0.3) is 0 Å². The van der Waals surface area contributed by atoms with Gasteiger partial charge in [-0.15, -0.1) is 0 Å². The van der Waals surface area contributed by atoms with Gasteiger partial charge in [0.25, 0.3) is 11.1 Å². The first-order chi connectivity index (χ1) is 12.2. The van der Waals surface area contributed by atoms with Crippen LogP contribution < -0.4 is 10.1 Å². The van der Waals surface area contributed by atoms with Crippen molar-refractivity contribution in [3.8, 4) is 5.19 Å². The van der Waals surface area contributed by atoms with Gasteiger partial charge in [-0.05, 0) is 68.1 Å². The van der Waals surface area contributed by atoms with Crippen LogP contribution in [0.5, 0.6) is 5.19 Å². The van der Waals surface area contributed by atoms with Gasteiger partial charge in [0.05, 0.1) is 12.8 Å². The van der Waals surface area contributed by atoms with Gasteiger partial charge in [0.15, 0.2) is 0 Å². The van der Waals surface area contributed by atoms with E-state index in [1.54, 1.807) is 6.20 Å². The molecule has 5 aliphatic rings. The highest BCUT2D eigenvalue weighted by Crippen LogP contribution is 2.61. The molecule has 136 valence electrons. The number of ether oxygens (including phenoxy) is 2. The van der Waals surface area contributed by atoms with Crippen molar-refractivity contribution in [3.05, 3.63) is 11.1 Å². The Morgan fingerprint density at radius 1 is 1.28 bits per heavy atom. The SMILES string of the molecule is O=C(NCCC12CC3CC(CC(C3)C1)C2)c1cnc(OCC2CO2)s1. The molecule has 1 aromatic heterocycles. The van der Waals surface area contributed by atoms with Crippen molar-refractivity contribution in [1.29, 1.82) is 0 Å². The van der Waals surface area contributed by atoms with Gasteiger partial charge in [-0.1, -0.05) is 11.3 Å². The highest BCUT2D eigenvalue weighted by Gasteiger charge is 2.50. The van der Waals surface area contributed by atoms with Gasteiger partial charge in [0.1, 0.15) is 17.6 Å². The molecule has 25 heavy (non-hydrogen) atoms. The largest absolute Gasteiger partial charge is 0.467 e. The van der Waals surface area contributed by atoms with Crippen molar-refractivity contribution in [2.75, 3.05) is 19.8 Å². The summed E-state index contributed by atoms with van der Waals surface area (Å²) in [6.07, 6.45) is 11.6. The van der Waals surface area contributed by atoms with Crippen molar-refractivity contribution < 1.29 is 14.3 Å². The van der Waals surface area contributed by atoms with Crippen LogP contribution in [-0.4, -0.2) is 36.8 Å². The Kier molecular flexibility index (Phi) is 4.01. The number of aromatic nitrogens is 1. The first-order valence-electron chi connectivity index (χ1n) is 9.66. The van der Waals surface area contributed by atoms with Crippen molar-refractivity contribution in [3.63, 3.8) is 0 Å². The fourth-order valence-corrected chi connectivity index (χ4v) is 6.57. The van der Waals surface area contributed by atoms with Crippen LogP contribution in [0.2, 0.25) is 0 Å². The molecule has 1 N–H and O–H groups in total. The molecule has 1 aliphatic heterocycles. The van der Waals surface area contributed by atoms with E-state index in [-0.39, 0.29) is 12.0 Å². The topological polar surface area (TPSA) is 63.8 Å². The van der Waals surface area contributed by atoms with Gasteiger partial charge in [0, 0.05) is 6.54 Å². The number of rotatable bonds is 7. The normalized spacial score (nSPS) is 37.9. The highest BCUT2D eigenvalue weighted by atomic mass is 32.1. The molecule has 0 radical (unpaired) electrons. The zero-order chi connectivity index (χ0) is 16.9. The second-order valence-corrected chi connectivity index (χ2v) is 9.67. The summed E-state index contributed by atoms with van der Waals surface area (Å²) in [6, 6.07) is 0. The lowest BCUT2D eigenvalue weighted by Crippen LogP contribution is -2.47. The molecule has 6 rings (SSSR count). The summed E-state index contributed by atoms with van der Waals surface area (Å²) in [6.45, 7) is 2.08. The lowest BCUT2D eigenvalue weighted by Gasteiger charge is -2.57. The molecule has 4 aliphatic carbocycles. The Labute approximate surface area is 152 Å². The van der Waals surface area contributed by atoms with Crippen LogP contribution in [0.4, 0.5) is 0 Å². The number of amides is 1. The molecule has 1 aromatic rings. The zero-order valence-corrected chi connectivity index (χ0v) is 15.4. The molecule has 1 amide bonds. The number of thiazole rings is 1. The van der Waals surface area contributed by atoms with Crippen LogP contribution in [-0.2, 0) is 4.74 Å². The first-order valence-corrected chi connectivity index (χ1v) is 10.5.